The van der Waals surface area contributed by atoms with Crippen molar-refractivity contribution in [2.45, 2.75) is 26.3 Å². The lowest BCUT2D eigenvalue weighted by Gasteiger charge is -2.16. The van der Waals surface area contributed by atoms with Crippen LogP contribution in [0.2, 0.25) is 0 Å². The van der Waals surface area contributed by atoms with Crippen LogP contribution in [0.25, 0.3) is 15.5 Å². The molecule has 1 aromatic carbocycles. The van der Waals surface area contributed by atoms with Crippen molar-refractivity contribution in [2.75, 3.05) is 17.3 Å². The van der Waals surface area contributed by atoms with Gasteiger partial charge < -0.3 is 15.7 Å². The van der Waals surface area contributed by atoms with Gasteiger partial charge in [-0.1, -0.05) is 23.5 Å². The molecule has 0 radical (unpaired) electrons. The minimum atomic E-state index is -1.05. The Morgan fingerprint density at radius 3 is 2.79 bits per heavy atom. The number of rotatable bonds is 7. The Labute approximate surface area is 169 Å². The van der Waals surface area contributed by atoms with E-state index in [0.717, 1.165) is 16.1 Å². The molecule has 148 valence electrons. The maximum Gasteiger partial charge on any atom is 0.326 e. The third-order valence-corrected chi connectivity index (χ3v) is 5.69. The topological polar surface area (TPSA) is 122 Å². The van der Waals surface area contributed by atoms with E-state index in [1.807, 2.05) is 38.3 Å². The van der Waals surface area contributed by atoms with Gasteiger partial charge in [0.1, 0.15) is 11.0 Å². The fourth-order valence-corrected chi connectivity index (χ4v) is 3.88. The molecule has 3 rings (SSSR count). The Kier molecular flexibility index (Phi) is 6.15. The van der Waals surface area contributed by atoms with Crippen molar-refractivity contribution in [3.63, 3.8) is 0 Å². The van der Waals surface area contributed by atoms with Crippen LogP contribution >= 0.6 is 23.1 Å². The molecular formula is C17H20N6O3S2. The van der Waals surface area contributed by atoms with Crippen LogP contribution < -0.4 is 10.6 Å². The molecule has 3 N–H and O–H groups in total. The highest BCUT2D eigenvalue weighted by Crippen LogP contribution is 2.29. The number of anilines is 1. The molecule has 0 fully saturated rings. The average molecular weight is 421 g/mol. The van der Waals surface area contributed by atoms with Gasteiger partial charge in [0.15, 0.2) is 5.82 Å². The van der Waals surface area contributed by atoms with Crippen molar-refractivity contribution < 1.29 is 14.7 Å². The predicted molar refractivity (Wildman–Crippen MR) is 110 cm³/mol. The van der Waals surface area contributed by atoms with Gasteiger partial charge in [-0.15, -0.1) is 10.2 Å². The van der Waals surface area contributed by atoms with Crippen LogP contribution in [0.4, 0.5) is 10.5 Å². The van der Waals surface area contributed by atoms with Crippen LogP contribution in [-0.2, 0) is 4.79 Å². The van der Waals surface area contributed by atoms with E-state index in [2.05, 4.69) is 25.9 Å². The van der Waals surface area contributed by atoms with Gasteiger partial charge in [0.25, 0.3) is 0 Å². The fraction of sp³-hybridized carbons (Fsp3) is 0.353. The molecule has 2 aromatic heterocycles. The number of aliphatic carboxylic acids is 1. The number of hydrogen-bond acceptors (Lipinski definition) is 7. The SMILES string of the molecule is CSCCC(NC(=O)Nc1cc(-c2nn3c(C)nnc3s2)ccc1C)C(=O)O. The van der Waals surface area contributed by atoms with Gasteiger partial charge >= 0.3 is 12.0 Å². The normalized spacial score (nSPS) is 12.1. The minimum absolute atomic E-state index is 0.356. The Balaban J connectivity index is 1.77. The summed E-state index contributed by atoms with van der Waals surface area (Å²) in [6.45, 7) is 3.69. The molecule has 9 nitrogen and oxygen atoms in total. The van der Waals surface area contributed by atoms with Gasteiger partial charge in [-0.2, -0.15) is 21.4 Å². The molecule has 0 saturated carbocycles. The lowest BCUT2D eigenvalue weighted by Crippen LogP contribution is -2.43. The molecule has 1 unspecified atom stereocenters. The van der Waals surface area contributed by atoms with Crippen molar-refractivity contribution in [2.24, 2.45) is 0 Å². The molecule has 0 aliphatic rings. The number of benzene rings is 1. The number of fused-ring (bicyclic) bond motifs is 1. The lowest BCUT2D eigenvalue weighted by atomic mass is 10.1. The summed E-state index contributed by atoms with van der Waals surface area (Å²) in [7, 11) is 0. The Hall–Kier alpha value is -2.66. The average Bonchev–Trinajstić information content (AvgIpc) is 3.22. The summed E-state index contributed by atoms with van der Waals surface area (Å²) >= 11 is 2.93. The summed E-state index contributed by atoms with van der Waals surface area (Å²) in [6, 6.07) is 4.12. The van der Waals surface area contributed by atoms with Crippen LogP contribution in [0.15, 0.2) is 18.2 Å². The summed E-state index contributed by atoms with van der Waals surface area (Å²) in [6.07, 6.45) is 2.25. The summed E-state index contributed by atoms with van der Waals surface area (Å²) in [5.41, 5.74) is 2.27. The Morgan fingerprint density at radius 1 is 1.32 bits per heavy atom. The van der Waals surface area contributed by atoms with Gasteiger partial charge in [0, 0.05) is 11.3 Å². The van der Waals surface area contributed by atoms with E-state index >= 15 is 0 Å². The van der Waals surface area contributed by atoms with Crippen LogP contribution in [0.3, 0.4) is 0 Å². The first-order valence-electron chi connectivity index (χ1n) is 8.48. The van der Waals surface area contributed by atoms with Crippen molar-refractivity contribution >= 4 is 45.7 Å². The third kappa shape index (κ3) is 4.42. The zero-order valence-corrected chi connectivity index (χ0v) is 17.2. The third-order valence-electron chi connectivity index (χ3n) is 4.09. The van der Waals surface area contributed by atoms with Gasteiger partial charge in [0.2, 0.25) is 4.96 Å². The number of carboxylic acid groups (broad SMARTS) is 1. The second-order valence-corrected chi connectivity index (χ2v) is 8.09. The van der Waals surface area contributed by atoms with E-state index in [4.69, 9.17) is 0 Å². The van der Waals surface area contributed by atoms with Crippen molar-refractivity contribution in [1.29, 1.82) is 0 Å². The van der Waals surface area contributed by atoms with Crippen LogP contribution in [0, 0.1) is 13.8 Å². The van der Waals surface area contributed by atoms with Crippen LogP contribution in [0.1, 0.15) is 17.8 Å². The molecule has 0 bridgehead atoms. The van der Waals surface area contributed by atoms with E-state index in [1.54, 1.807) is 4.52 Å². The van der Waals surface area contributed by atoms with E-state index in [0.29, 0.717) is 28.6 Å². The Bertz CT molecular complexity index is 1020. The second kappa shape index (κ2) is 8.57. The molecule has 2 heterocycles. The minimum Gasteiger partial charge on any atom is -0.480 e. The molecule has 28 heavy (non-hydrogen) atoms. The molecule has 1 atom stereocenters. The van der Waals surface area contributed by atoms with Gasteiger partial charge in [0.05, 0.1) is 0 Å². The molecule has 11 heteroatoms. The largest absolute Gasteiger partial charge is 0.480 e. The first kappa shape index (κ1) is 20.1. The number of thioether (sulfide) groups is 1. The van der Waals surface area contributed by atoms with Crippen molar-refractivity contribution in [3.05, 3.63) is 29.6 Å². The maximum absolute atomic E-state index is 12.3. The number of amides is 2. The standard InChI is InChI=1S/C17H20N6O3S2/c1-9-4-5-11(14-22-23-10(2)20-21-17(23)28-14)8-13(9)19-16(26)18-12(15(24)25)6-7-27-3/h4-5,8,12H,6-7H2,1-3H3,(H,24,25)(H2,18,19,26). The Morgan fingerprint density at radius 2 is 2.11 bits per heavy atom. The zero-order chi connectivity index (χ0) is 20.3. The van der Waals surface area contributed by atoms with E-state index < -0.39 is 18.0 Å². The van der Waals surface area contributed by atoms with E-state index in [1.165, 1.54) is 23.1 Å². The number of carboxylic acids is 1. The summed E-state index contributed by atoms with van der Waals surface area (Å²) in [5, 5.41) is 27.8. The van der Waals surface area contributed by atoms with Gasteiger partial charge in [-0.25, -0.2) is 9.59 Å². The summed E-state index contributed by atoms with van der Waals surface area (Å²) in [5.74, 6) is 0.295. The smallest absolute Gasteiger partial charge is 0.326 e. The molecule has 0 spiro atoms. The fourth-order valence-electron chi connectivity index (χ4n) is 2.53. The summed E-state index contributed by atoms with van der Waals surface area (Å²) in [4.78, 5) is 24.3. The molecule has 0 aliphatic heterocycles. The molecule has 0 aliphatic carbocycles. The highest BCUT2D eigenvalue weighted by molar-refractivity contribution is 7.98. The molecule has 0 saturated heterocycles. The molecular weight excluding hydrogens is 400 g/mol. The number of urea groups is 1. The monoisotopic (exact) mass is 420 g/mol. The lowest BCUT2D eigenvalue weighted by molar-refractivity contribution is -0.139. The highest BCUT2D eigenvalue weighted by atomic mass is 32.2. The van der Waals surface area contributed by atoms with Gasteiger partial charge in [-0.3, -0.25) is 0 Å². The van der Waals surface area contributed by atoms with Crippen molar-refractivity contribution in [3.8, 4) is 10.6 Å². The van der Waals surface area contributed by atoms with Crippen molar-refractivity contribution in [1.82, 2.24) is 25.1 Å². The first-order valence-corrected chi connectivity index (χ1v) is 10.7. The van der Waals surface area contributed by atoms with E-state index in [9.17, 15) is 14.7 Å². The number of nitrogens with one attached hydrogen (secondary N) is 2. The van der Waals surface area contributed by atoms with Crippen LogP contribution in [-0.4, -0.2) is 55.0 Å². The molecule has 2 amide bonds. The zero-order valence-electron chi connectivity index (χ0n) is 15.6. The number of carbonyl (C=O) groups is 2. The van der Waals surface area contributed by atoms with Crippen LogP contribution in [0.5, 0.6) is 0 Å². The predicted octanol–water partition coefficient (Wildman–Crippen LogP) is 2.80. The van der Waals surface area contributed by atoms with E-state index in [-0.39, 0.29) is 0 Å². The first-order chi connectivity index (χ1) is 13.4. The summed E-state index contributed by atoms with van der Waals surface area (Å²) < 4.78 is 1.67. The number of nitrogens with zero attached hydrogens (tertiary/aromatic N) is 4. The highest BCUT2D eigenvalue weighted by Gasteiger charge is 2.20. The molecule has 3 aromatic rings. The maximum atomic E-state index is 12.3. The number of aryl methyl sites for hydroxylation is 2. The number of carbonyl (C=O) groups excluding carboxylic acids is 1. The number of aromatic nitrogens is 4. The second-order valence-electron chi connectivity index (χ2n) is 6.15. The van der Waals surface area contributed by atoms with Gasteiger partial charge in [-0.05, 0) is 43.9 Å². The quantitative estimate of drug-likeness (QED) is 0.537. The number of hydrogen-bond donors (Lipinski definition) is 3.